The van der Waals surface area contributed by atoms with Crippen molar-refractivity contribution < 1.29 is 0 Å². The van der Waals surface area contributed by atoms with Crippen LogP contribution in [0.25, 0.3) is 0 Å². The van der Waals surface area contributed by atoms with Gasteiger partial charge in [-0.1, -0.05) is 6.07 Å². The minimum atomic E-state index is 0.560. The molecule has 0 amide bonds. The molecule has 98 valence electrons. The van der Waals surface area contributed by atoms with Crippen LogP contribution in [-0.4, -0.2) is 11.2 Å². The smallest absolute Gasteiger partial charge is 0.131 e. The van der Waals surface area contributed by atoms with E-state index in [1.54, 1.807) is 18.0 Å². The predicted molar refractivity (Wildman–Crippen MR) is 81.5 cm³/mol. The number of aryl methyl sites for hydroxylation is 1. The highest BCUT2D eigenvalue weighted by molar-refractivity contribution is 7.99. The fourth-order valence-corrected chi connectivity index (χ4v) is 3.53. The van der Waals surface area contributed by atoms with Gasteiger partial charge in [0.05, 0.1) is 22.8 Å². The summed E-state index contributed by atoms with van der Waals surface area (Å²) >= 11 is 2.94. The molecule has 0 fully saturated rings. The summed E-state index contributed by atoms with van der Waals surface area (Å²) in [4.78, 5) is 5.84. The molecule has 0 unspecified atom stereocenters. The van der Waals surface area contributed by atoms with E-state index >= 15 is 0 Å². The molecule has 2 aromatic heterocycles. The standard InChI is InChI=1S/C13H14N4S2/c1-8-4-3-5-16-9(8)7-17-13-12(18-2)11(15)10(6-14)19-13/h3-5,17H,7,15H2,1-2H3. The average molecular weight is 290 g/mol. The van der Waals surface area contributed by atoms with Crippen molar-refractivity contribution in [3.8, 4) is 6.07 Å². The molecule has 0 aliphatic heterocycles. The lowest BCUT2D eigenvalue weighted by molar-refractivity contribution is 1.02. The second kappa shape index (κ2) is 5.95. The minimum Gasteiger partial charge on any atom is -0.396 e. The van der Waals surface area contributed by atoms with E-state index < -0.39 is 0 Å². The zero-order valence-corrected chi connectivity index (χ0v) is 12.4. The van der Waals surface area contributed by atoms with Crippen molar-refractivity contribution in [2.24, 2.45) is 0 Å². The van der Waals surface area contributed by atoms with E-state index in [4.69, 9.17) is 11.0 Å². The number of hydrogen-bond donors (Lipinski definition) is 2. The molecular formula is C13H14N4S2. The van der Waals surface area contributed by atoms with E-state index in [9.17, 15) is 0 Å². The molecule has 0 spiro atoms. The normalized spacial score (nSPS) is 10.2. The number of nitrogens with zero attached hydrogens (tertiary/aromatic N) is 2. The summed E-state index contributed by atoms with van der Waals surface area (Å²) in [6, 6.07) is 6.07. The van der Waals surface area contributed by atoms with Crippen LogP contribution in [0.4, 0.5) is 10.7 Å². The minimum absolute atomic E-state index is 0.560. The Kier molecular flexibility index (Phi) is 4.30. The highest BCUT2D eigenvalue weighted by atomic mass is 32.2. The Morgan fingerprint density at radius 3 is 3.00 bits per heavy atom. The summed E-state index contributed by atoms with van der Waals surface area (Å²) in [5.41, 5.74) is 8.65. The molecule has 0 aliphatic carbocycles. The SMILES string of the molecule is CSc1c(NCc2ncccc2C)sc(C#N)c1N. The van der Waals surface area contributed by atoms with Crippen LogP contribution >= 0.6 is 23.1 Å². The molecule has 2 heterocycles. The number of thiophene rings is 1. The van der Waals surface area contributed by atoms with Gasteiger partial charge in [-0.05, 0) is 24.8 Å². The number of pyridine rings is 1. The van der Waals surface area contributed by atoms with Crippen molar-refractivity contribution in [2.75, 3.05) is 17.3 Å². The van der Waals surface area contributed by atoms with Crippen molar-refractivity contribution in [3.63, 3.8) is 0 Å². The van der Waals surface area contributed by atoms with Crippen molar-refractivity contribution in [2.45, 2.75) is 18.4 Å². The Morgan fingerprint density at radius 1 is 1.58 bits per heavy atom. The first-order valence-corrected chi connectivity index (χ1v) is 7.72. The first kappa shape index (κ1) is 13.7. The van der Waals surface area contributed by atoms with Gasteiger partial charge in [-0.3, -0.25) is 4.98 Å². The van der Waals surface area contributed by atoms with Crippen LogP contribution in [0.1, 0.15) is 16.1 Å². The molecule has 4 nitrogen and oxygen atoms in total. The maximum atomic E-state index is 9.01. The second-order valence-corrected chi connectivity index (χ2v) is 5.78. The zero-order chi connectivity index (χ0) is 13.8. The van der Waals surface area contributed by atoms with Gasteiger partial charge in [-0.2, -0.15) is 5.26 Å². The number of nitrogens with two attached hydrogens (primary N) is 1. The molecule has 2 rings (SSSR count). The number of rotatable bonds is 4. The maximum Gasteiger partial charge on any atom is 0.131 e. The Morgan fingerprint density at radius 2 is 2.37 bits per heavy atom. The fourth-order valence-electron chi connectivity index (χ4n) is 1.70. The summed E-state index contributed by atoms with van der Waals surface area (Å²) in [5, 5.41) is 13.3. The van der Waals surface area contributed by atoms with Gasteiger partial charge in [-0.25, -0.2) is 0 Å². The predicted octanol–water partition coefficient (Wildman–Crippen LogP) is 3.24. The third-order valence-electron chi connectivity index (χ3n) is 2.74. The quantitative estimate of drug-likeness (QED) is 0.846. The largest absolute Gasteiger partial charge is 0.396 e. The zero-order valence-electron chi connectivity index (χ0n) is 10.7. The number of nitrogens with one attached hydrogen (secondary N) is 1. The lowest BCUT2D eigenvalue weighted by atomic mass is 10.2. The van der Waals surface area contributed by atoms with Gasteiger partial charge in [0.2, 0.25) is 0 Å². The molecule has 0 bridgehead atoms. The van der Waals surface area contributed by atoms with Crippen LogP contribution in [0.5, 0.6) is 0 Å². The van der Waals surface area contributed by atoms with E-state index in [-0.39, 0.29) is 0 Å². The molecule has 19 heavy (non-hydrogen) atoms. The van der Waals surface area contributed by atoms with Crippen LogP contribution < -0.4 is 11.1 Å². The number of thioether (sulfide) groups is 1. The molecule has 2 aromatic rings. The Bertz CT molecular complexity index is 628. The molecule has 0 radical (unpaired) electrons. The van der Waals surface area contributed by atoms with Gasteiger partial charge in [0.15, 0.2) is 0 Å². The van der Waals surface area contributed by atoms with Gasteiger partial charge in [-0.15, -0.1) is 23.1 Å². The molecule has 0 saturated carbocycles. The van der Waals surface area contributed by atoms with Crippen LogP contribution in [0.15, 0.2) is 23.2 Å². The molecule has 6 heteroatoms. The van der Waals surface area contributed by atoms with Gasteiger partial charge in [0.1, 0.15) is 15.9 Å². The summed E-state index contributed by atoms with van der Waals surface area (Å²) in [7, 11) is 0. The molecule has 0 aliphatic rings. The molecule has 0 atom stereocenters. The van der Waals surface area contributed by atoms with Crippen molar-refractivity contribution in [1.82, 2.24) is 4.98 Å². The highest BCUT2D eigenvalue weighted by Crippen LogP contribution is 2.41. The van der Waals surface area contributed by atoms with E-state index in [1.165, 1.54) is 11.3 Å². The van der Waals surface area contributed by atoms with Crippen molar-refractivity contribution >= 4 is 33.8 Å². The number of anilines is 2. The van der Waals surface area contributed by atoms with Gasteiger partial charge < -0.3 is 11.1 Å². The third-order valence-corrected chi connectivity index (χ3v) is 4.77. The van der Waals surface area contributed by atoms with Crippen LogP contribution in [0.2, 0.25) is 0 Å². The summed E-state index contributed by atoms with van der Waals surface area (Å²) in [5.74, 6) is 0. The van der Waals surface area contributed by atoms with Crippen LogP contribution in [0, 0.1) is 18.3 Å². The average Bonchev–Trinajstić information content (AvgIpc) is 2.73. The topological polar surface area (TPSA) is 74.7 Å². The maximum absolute atomic E-state index is 9.01. The number of nitrogen functional groups attached to an aromatic ring is 1. The fraction of sp³-hybridized carbons (Fsp3) is 0.231. The van der Waals surface area contributed by atoms with Crippen LogP contribution in [0.3, 0.4) is 0 Å². The van der Waals surface area contributed by atoms with E-state index in [0.29, 0.717) is 17.1 Å². The van der Waals surface area contributed by atoms with E-state index in [0.717, 1.165) is 21.2 Å². The molecular weight excluding hydrogens is 276 g/mol. The van der Waals surface area contributed by atoms with Gasteiger partial charge >= 0.3 is 0 Å². The van der Waals surface area contributed by atoms with E-state index in [1.807, 2.05) is 25.3 Å². The number of nitriles is 1. The second-order valence-electron chi connectivity index (χ2n) is 3.94. The van der Waals surface area contributed by atoms with Gasteiger partial charge in [0.25, 0.3) is 0 Å². The van der Waals surface area contributed by atoms with Crippen LogP contribution in [-0.2, 0) is 6.54 Å². The van der Waals surface area contributed by atoms with Gasteiger partial charge in [0, 0.05) is 6.20 Å². The summed E-state index contributed by atoms with van der Waals surface area (Å²) in [6.07, 6.45) is 3.74. The van der Waals surface area contributed by atoms with Crippen molar-refractivity contribution in [1.29, 1.82) is 5.26 Å². The Hall–Kier alpha value is -1.71. The summed E-state index contributed by atoms with van der Waals surface area (Å²) < 4.78 is 0. The Balaban J connectivity index is 2.21. The highest BCUT2D eigenvalue weighted by Gasteiger charge is 2.15. The third kappa shape index (κ3) is 2.83. The van der Waals surface area contributed by atoms with Crippen molar-refractivity contribution in [3.05, 3.63) is 34.5 Å². The Labute approximate surface area is 120 Å². The lowest BCUT2D eigenvalue weighted by Gasteiger charge is -2.07. The number of aromatic nitrogens is 1. The lowest BCUT2D eigenvalue weighted by Crippen LogP contribution is -2.03. The molecule has 3 N–H and O–H groups in total. The van der Waals surface area contributed by atoms with E-state index in [2.05, 4.69) is 16.4 Å². The number of hydrogen-bond acceptors (Lipinski definition) is 6. The first-order chi connectivity index (χ1) is 9.17. The summed E-state index contributed by atoms with van der Waals surface area (Å²) in [6.45, 7) is 2.66. The molecule has 0 aromatic carbocycles. The monoisotopic (exact) mass is 290 g/mol. The molecule has 0 saturated heterocycles. The first-order valence-electron chi connectivity index (χ1n) is 5.68.